The molecule has 3 N–H and O–H groups in total. The molecular weight excluding hydrogens is 272 g/mol. The van der Waals surface area contributed by atoms with Crippen molar-refractivity contribution >= 4 is 28.7 Å². The molecule has 0 bridgehead atoms. The molecule has 20 heavy (non-hydrogen) atoms. The number of rotatable bonds is 5. The number of benzene rings is 1. The highest BCUT2D eigenvalue weighted by molar-refractivity contribution is 7.10. The number of nitrogen functional groups attached to an aromatic ring is 1. The Hall–Kier alpha value is -2.01. The molecule has 5 heteroatoms. The molecule has 0 atom stereocenters. The van der Waals surface area contributed by atoms with Crippen molar-refractivity contribution in [1.82, 2.24) is 0 Å². The van der Waals surface area contributed by atoms with Crippen LogP contribution in [0.4, 0.5) is 11.4 Å². The van der Waals surface area contributed by atoms with Crippen molar-refractivity contribution in [3.05, 3.63) is 45.6 Å². The summed E-state index contributed by atoms with van der Waals surface area (Å²) >= 11 is 1.73. The van der Waals surface area contributed by atoms with E-state index in [4.69, 9.17) is 5.73 Å². The normalized spacial score (nSPS) is 10.3. The molecule has 1 aromatic carbocycles. The van der Waals surface area contributed by atoms with Gasteiger partial charge in [0.25, 0.3) is 0 Å². The Morgan fingerprint density at radius 3 is 2.85 bits per heavy atom. The van der Waals surface area contributed by atoms with Gasteiger partial charge in [0.1, 0.15) is 0 Å². The minimum atomic E-state index is -0.380. The molecule has 1 aromatic heterocycles. The van der Waals surface area contributed by atoms with Gasteiger partial charge in [-0.2, -0.15) is 0 Å². The number of carbonyl (C=O) groups is 1. The first-order chi connectivity index (χ1) is 9.65. The molecule has 0 amide bonds. The van der Waals surface area contributed by atoms with Gasteiger partial charge < -0.3 is 15.8 Å². The summed E-state index contributed by atoms with van der Waals surface area (Å²) in [6, 6.07) is 7.29. The zero-order chi connectivity index (χ0) is 14.5. The van der Waals surface area contributed by atoms with Crippen molar-refractivity contribution in [3.63, 3.8) is 0 Å². The van der Waals surface area contributed by atoms with Crippen molar-refractivity contribution in [1.29, 1.82) is 0 Å². The number of hydrogen-bond donors (Lipinski definition) is 2. The smallest absolute Gasteiger partial charge is 0.337 e. The van der Waals surface area contributed by atoms with Gasteiger partial charge in [0, 0.05) is 11.4 Å². The number of ether oxygens (including phenoxy) is 1. The van der Waals surface area contributed by atoms with E-state index in [1.807, 2.05) is 0 Å². The third kappa shape index (κ3) is 3.11. The monoisotopic (exact) mass is 290 g/mol. The van der Waals surface area contributed by atoms with Crippen LogP contribution in [-0.2, 0) is 17.7 Å². The lowest BCUT2D eigenvalue weighted by atomic mass is 10.1. The van der Waals surface area contributed by atoms with E-state index >= 15 is 0 Å². The Labute approximate surface area is 122 Å². The van der Waals surface area contributed by atoms with Gasteiger partial charge in [0.15, 0.2) is 0 Å². The summed E-state index contributed by atoms with van der Waals surface area (Å²) in [5.74, 6) is -0.380. The fraction of sp³-hybridized carbons (Fsp3) is 0.267. The molecule has 0 saturated heterocycles. The second-order valence-corrected chi connectivity index (χ2v) is 5.37. The average molecular weight is 290 g/mol. The van der Waals surface area contributed by atoms with E-state index in [9.17, 15) is 4.79 Å². The zero-order valence-electron chi connectivity index (χ0n) is 11.6. The van der Waals surface area contributed by atoms with Gasteiger partial charge >= 0.3 is 5.97 Å². The van der Waals surface area contributed by atoms with E-state index in [1.54, 1.807) is 29.5 Å². The van der Waals surface area contributed by atoms with Crippen LogP contribution in [0.15, 0.2) is 29.6 Å². The number of anilines is 2. The van der Waals surface area contributed by atoms with Crippen LogP contribution in [0.2, 0.25) is 0 Å². The lowest BCUT2D eigenvalue weighted by Gasteiger charge is -2.10. The van der Waals surface area contributed by atoms with E-state index in [0.29, 0.717) is 11.3 Å². The molecule has 0 spiro atoms. The van der Waals surface area contributed by atoms with Crippen LogP contribution in [0.5, 0.6) is 0 Å². The van der Waals surface area contributed by atoms with Gasteiger partial charge in [-0.25, -0.2) is 4.79 Å². The van der Waals surface area contributed by atoms with Crippen LogP contribution < -0.4 is 11.1 Å². The van der Waals surface area contributed by atoms with Crippen LogP contribution in [0, 0.1) is 0 Å². The molecule has 0 aliphatic carbocycles. The molecule has 0 unspecified atom stereocenters. The topological polar surface area (TPSA) is 64.3 Å². The summed E-state index contributed by atoms with van der Waals surface area (Å²) in [7, 11) is 1.35. The van der Waals surface area contributed by atoms with E-state index in [1.165, 1.54) is 17.6 Å². The van der Waals surface area contributed by atoms with E-state index in [-0.39, 0.29) is 5.97 Å². The predicted molar refractivity (Wildman–Crippen MR) is 83.2 cm³/mol. The summed E-state index contributed by atoms with van der Waals surface area (Å²) in [6.45, 7) is 2.88. The Bertz CT molecular complexity index is 608. The summed E-state index contributed by atoms with van der Waals surface area (Å²) in [5.41, 5.74) is 9.14. The Morgan fingerprint density at radius 2 is 2.20 bits per heavy atom. The molecule has 0 aliphatic rings. The van der Waals surface area contributed by atoms with E-state index in [0.717, 1.165) is 18.7 Å². The summed E-state index contributed by atoms with van der Waals surface area (Å²) in [6.07, 6.45) is 1.03. The van der Waals surface area contributed by atoms with Gasteiger partial charge in [-0.15, -0.1) is 11.3 Å². The molecule has 0 aliphatic heterocycles. The Balaban J connectivity index is 2.09. The number of thiophene rings is 1. The zero-order valence-corrected chi connectivity index (χ0v) is 12.4. The van der Waals surface area contributed by atoms with Gasteiger partial charge in [-0.3, -0.25) is 0 Å². The number of nitrogens with two attached hydrogens (primary N) is 1. The maximum Gasteiger partial charge on any atom is 0.337 e. The largest absolute Gasteiger partial charge is 0.465 e. The first-order valence-electron chi connectivity index (χ1n) is 6.42. The second-order valence-electron chi connectivity index (χ2n) is 4.37. The van der Waals surface area contributed by atoms with Crippen molar-refractivity contribution in [2.24, 2.45) is 0 Å². The van der Waals surface area contributed by atoms with Crippen molar-refractivity contribution in [2.75, 3.05) is 18.2 Å². The van der Waals surface area contributed by atoms with Crippen LogP contribution in [0.3, 0.4) is 0 Å². The maximum absolute atomic E-state index is 11.4. The van der Waals surface area contributed by atoms with Gasteiger partial charge in [-0.05, 0) is 41.6 Å². The highest BCUT2D eigenvalue weighted by Gasteiger charge is 2.08. The summed E-state index contributed by atoms with van der Waals surface area (Å²) in [4.78, 5) is 12.7. The average Bonchev–Trinajstić information content (AvgIpc) is 2.92. The van der Waals surface area contributed by atoms with Crippen LogP contribution in [-0.4, -0.2) is 13.1 Å². The van der Waals surface area contributed by atoms with Gasteiger partial charge in [-0.1, -0.05) is 6.92 Å². The number of methoxy groups -OCH3 is 1. The SMILES string of the molecule is CCc1ccsc1CNc1ccc(C(=O)OC)cc1N. The quantitative estimate of drug-likeness (QED) is 0.655. The lowest BCUT2D eigenvalue weighted by molar-refractivity contribution is 0.0601. The molecule has 2 rings (SSSR count). The Kier molecular flexibility index (Phi) is 4.63. The first-order valence-corrected chi connectivity index (χ1v) is 7.30. The molecule has 0 fully saturated rings. The first kappa shape index (κ1) is 14.4. The number of nitrogens with one attached hydrogen (secondary N) is 1. The van der Waals surface area contributed by atoms with Gasteiger partial charge in [0.2, 0.25) is 0 Å². The fourth-order valence-corrected chi connectivity index (χ4v) is 2.90. The highest BCUT2D eigenvalue weighted by atomic mass is 32.1. The number of hydrogen-bond acceptors (Lipinski definition) is 5. The number of esters is 1. The molecule has 4 nitrogen and oxygen atoms in total. The minimum absolute atomic E-state index is 0.380. The third-order valence-corrected chi connectivity index (χ3v) is 4.09. The van der Waals surface area contributed by atoms with E-state index in [2.05, 4.69) is 28.4 Å². The Morgan fingerprint density at radius 1 is 1.40 bits per heavy atom. The molecule has 1 heterocycles. The lowest BCUT2D eigenvalue weighted by Crippen LogP contribution is -2.06. The minimum Gasteiger partial charge on any atom is -0.465 e. The summed E-state index contributed by atoms with van der Waals surface area (Å²) < 4.78 is 4.67. The molecule has 0 radical (unpaired) electrons. The van der Waals surface area contributed by atoms with Crippen LogP contribution in [0.1, 0.15) is 27.7 Å². The molecule has 0 saturated carbocycles. The van der Waals surface area contributed by atoms with E-state index < -0.39 is 0 Å². The highest BCUT2D eigenvalue weighted by Crippen LogP contribution is 2.23. The summed E-state index contributed by atoms with van der Waals surface area (Å²) in [5, 5.41) is 5.40. The van der Waals surface area contributed by atoms with Gasteiger partial charge in [0.05, 0.1) is 24.0 Å². The third-order valence-electron chi connectivity index (χ3n) is 3.13. The maximum atomic E-state index is 11.4. The standard InChI is InChI=1S/C15H18N2O2S/c1-3-10-6-7-20-14(10)9-17-13-5-4-11(8-12(13)16)15(18)19-2/h4-8,17H,3,9,16H2,1-2H3. The number of carbonyl (C=O) groups excluding carboxylic acids is 1. The van der Waals surface area contributed by atoms with Crippen molar-refractivity contribution in [2.45, 2.75) is 19.9 Å². The molecule has 2 aromatic rings. The van der Waals surface area contributed by atoms with Crippen LogP contribution in [0.25, 0.3) is 0 Å². The van der Waals surface area contributed by atoms with Crippen molar-refractivity contribution in [3.8, 4) is 0 Å². The predicted octanol–water partition coefficient (Wildman–Crippen LogP) is 3.29. The number of aryl methyl sites for hydroxylation is 1. The second kappa shape index (κ2) is 6.43. The molecule has 106 valence electrons. The fourth-order valence-electron chi connectivity index (χ4n) is 1.98. The van der Waals surface area contributed by atoms with Crippen LogP contribution >= 0.6 is 11.3 Å². The van der Waals surface area contributed by atoms with Crippen molar-refractivity contribution < 1.29 is 9.53 Å². The molecular formula is C15H18N2O2S.